The molecule has 5 heteroatoms. The molecule has 0 saturated carbocycles. The van der Waals surface area contributed by atoms with Crippen molar-refractivity contribution in [2.75, 3.05) is 11.8 Å². The van der Waals surface area contributed by atoms with E-state index in [0.29, 0.717) is 12.0 Å². The minimum absolute atomic E-state index is 0.167. The molecule has 21 heavy (non-hydrogen) atoms. The summed E-state index contributed by atoms with van der Waals surface area (Å²) < 4.78 is 0. The van der Waals surface area contributed by atoms with Crippen LogP contribution >= 0.6 is 23.2 Å². The monoisotopic (exact) mass is 324 g/mol. The molecule has 2 rings (SSSR count). The summed E-state index contributed by atoms with van der Waals surface area (Å²) in [4.78, 5) is 17.1. The number of benzene rings is 1. The van der Waals surface area contributed by atoms with Crippen LogP contribution in [0.25, 0.3) is 10.9 Å². The number of para-hydroxylation sites is 1. The summed E-state index contributed by atoms with van der Waals surface area (Å²) >= 11 is 12.0. The van der Waals surface area contributed by atoms with Crippen LogP contribution in [0.1, 0.15) is 29.4 Å². The third-order valence-electron chi connectivity index (χ3n) is 3.66. The van der Waals surface area contributed by atoms with E-state index in [1.165, 1.54) is 0 Å². The maximum absolute atomic E-state index is 12.6. The van der Waals surface area contributed by atoms with Gasteiger partial charge in [-0.15, -0.1) is 23.2 Å². The number of aromatic nitrogens is 1. The third-order valence-corrected chi connectivity index (χ3v) is 4.68. The van der Waals surface area contributed by atoms with Gasteiger partial charge in [-0.25, -0.2) is 0 Å². The van der Waals surface area contributed by atoms with Gasteiger partial charge in [-0.05, 0) is 25.5 Å². The Kier molecular flexibility index (Phi) is 5.07. The quantitative estimate of drug-likeness (QED) is 0.847. The second-order valence-electron chi connectivity index (χ2n) is 5.18. The first-order valence-corrected chi connectivity index (χ1v) is 7.93. The number of hydrogen-bond donors (Lipinski definition) is 1. The lowest BCUT2D eigenvalue weighted by Gasteiger charge is -2.29. The van der Waals surface area contributed by atoms with Crippen molar-refractivity contribution in [2.24, 2.45) is 0 Å². The molecule has 1 amide bonds. The highest BCUT2D eigenvalue weighted by molar-refractivity contribution is 6.22. The highest BCUT2D eigenvalue weighted by Crippen LogP contribution is 2.21. The van der Waals surface area contributed by atoms with Gasteiger partial charge in [0, 0.05) is 22.8 Å². The molecule has 3 nitrogen and oxygen atoms in total. The Labute approximate surface area is 134 Å². The number of carbonyl (C=O) groups is 1. The minimum atomic E-state index is -0.585. The molecule has 0 aliphatic rings. The zero-order valence-electron chi connectivity index (χ0n) is 12.1. The topological polar surface area (TPSA) is 42.0 Å². The molecular weight excluding hydrogens is 307 g/mol. The first-order valence-electron chi connectivity index (χ1n) is 6.86. The van der Waals surface area contributed by atoms with Crippen LogP contribution in [-0.2, 0) is 0 Å². The molecule has 112 valence electrons. The van der Waals surface area contributed by atoms with E-state index in [0.717, 1.165) is 16.6 Å². The number of rotatable bonds is 5. The Hall–Kier alpha value is -1.32. The van der Waals surface area contributed by atoms with Crippen molar-refractivity contribution in [1.82, 2.24) is 10.3 Å². The average molecular weight is 325 g/mol. The van der Waals surface area contributed by atoms with E-state index >= 15 is 0 Å². The first-order chi connectivity index (χ1) is 10.0. The van der Waals surface area contributed by atoms with Crippen LogP contribution in [0, 0.1) is 6.92 Å². The van der Waals surface area contributed by atoms with E-state index in [1.807, 2.05) is 38.1 Å². The molecule has 2 aromatic rings. The summed E-state index contributed by atoms with van der Waals surface area (Å²) in [6.07, 6.45) is 0.674. The number of fused-ring (bicyclic) bond motifs is 1. The Morgan fingerprint density at radius 3 is 2.57 bits per heavy atom. The van der Waals surface area contributed by atoms with Gasteiger partial charge in [-0.3, -0.25) is 9.78 Å². The summed E-state index contributed by atoms with van der Waals surface area (Å²) in [6.45, 7) is 3.83. The molecule has 0 fully saturated rings. The van der Waals surface area contributed by atoms with Gasteiger partial charge < -0.3 is 5.32 Å². The lowest BCUT2D eigenvalue weighted by Crippen LogP contribution is -2.51. The van der Waals surface area contributed by atoms with Gasteiger partial charge in [-0.2, -0.15) is 0 Å². The third kappa shape index (κ3) is 3.30. The molecule has 0 unspecified atom stereocenters. The largest absolute Gasteiger partial charge is 0.344 e. The number of halogens is 2. The van der Waals surface area contributed by atoms with Gasteiger partial charge in [0.15, 0.2) is 0 Å². The summed E-state index contributed by atoms with van der Waals surface area (Å²) in [7, 11) is 0. The van der Waals surface area contributed by atoms with Crippen molar-refractivity contribution in [3.05, 3.63) is 41.6 Å². The maximum atomic E-state index is 12.6. The number of aryl methyl sites for hydroxylation is 1. The average Bonchev–Trinajstić information content (AvgIpc) is 2.51. The zero-order valence-corrected chi connectivity index (χ0v) is 13.6. The van der Waals surface area contributed by atoms with Crippen molar-refractivity contribution >= 4 is 40.0 Å². The van der Waals surface area contributed by atoms with E-state index in [1.54, 1.807) is 6.07 Å². The van der Waals surface area contributed by atoms with Crippen LogP contribution < -0.4 is 5.32 Å². The van der Waals surface area contributed by atoms with E-state index in [-0.39, 0.29) is 17.7 Å². The van der Waals surface area contributed by atoms with Gasteiger partial charge in [-0.1, -0.05) is 25.1 Å². The standard InChI is InChI=1S/C16H18Cl2N2O/c1-3-16(9-17,10-18)20-15(21)13-8-11(2)19-14-7-5-4-6-12(13)14/h4-8H,3,9-10H2,1-2H3,(H,20,21). The lowest BCUT2D eigenvalue weighted by molar-refractivity contribution is 0.0915. The second kappa shape index (κ2) is 6.63. The molecule has 0 radical (unpaired) electrons. The molecule has 0 bridgehead atoms. The number of hydrogen-bond acceptors (Lipinski definition) is 2. The van der Waals surface area contributed by atoms with Gasteiger partial charge in [0.05, 0.1) is 16.6 Å². The van der Waals surface area contributed by atoms with Gasteiger partial charge >= 0.3 is 0 Å². The summed E-state index contributed by atoms with van der Waals surface area (Å²) in [6, 6.07) is 9.39. The van der Waals surface area contributed by atoms with Crippen molar-refractivity contribution in [2.45, 2.75) is 25.8 Å². The zero-order chi connectivity index (χ0) is 15.5. The van der Waals surface area contributed by atoms with Crippen LogP contribution in [0.3, 0.4) is 0 Å². The fraction of sp³-hybridized carbons (Fsp3) is 0.375. The fourth-order valence-corrected chi connectivity index (χ4v) is 2.98. The van der Waals surface area contributed by atoms with Crippen LogP contribution in [0.15, 0.2) is 30.3 Å². The SMILES string of the molecule is CCC(CCl)(CCl)NC(=O)c1cc(C)nc2ccccc12. The van der Waals surface area contributed by atoms with Gasteiger partial charge in [0.1, 0.15) is 0 Å². The number of pyridine rings is 1. The molecule has 0 spiro atoms. The number of nitrogens with one attached hydrogen (secondary N) is 1. The molecular formula is C16H18Cl2N2O. The molecule has 0 aliphatic carbocycles. The van der Waals surface area contributed by atoms with Crippen LogP contribution in [0.2, 0.25) is 0 Å². The Bertz CT molecular complexity index is 646. The van der Waals surface area contributed by atoms with E-state index < -0.39 is 5.54 Å². The molecule has 0 saturated heterocycles. The maximum Gasteiger partial charge on any atom is 0.252 e. The highest BCUT2D eigenvalue weighted by Gasteiger charge is 2.29. The van der Waals surface area contributed by atoms with Crippen molar-refractivity contribution in [3.63, 3.8) is 0 Å². The van der Waals surface area contributed by atoms with E-state index in [2.05, 4.69) is 10.3 Å². The van der Waals surface area contributed by atoms with Crippen LogP contribution in [0.4, 0.5) is 0 Å². The lowest BCUT2D eigenvalue weighted by atomic mass is 9.99. The van der Waals surface area contributed by atoms with Crippen LogP contribution in [-0.4, -0.2) is 28.2 Å². The smallest absolute Gasteiger partial charge is 0.252 e. The van der Waals surface area contributed by atoms with Crippen molar-refractivity contribution in [3.8, 4) is 0 Å². The normalized spacial score (nSPS) is 11.6. The molecule has 0 atom stereocenters. The van der Waals surface area contributed by atoms with Crippen molar-refractivity contribution < 1.29 is 4.79 Å². The number of alkyl halides is 2. The second-order valence-corrected chi connectivity index (χ2v) is 5.72. The fourth-order valence-electron chi connectivity index (χ4n) is 2.18. The highest BCUT2D eigenvalue weighted by atomic mass is 35.5. The van der Waals surface area contributed by atoms with Gasteiger partial charge in [0.25, 0.3) is 5.91 Å². The number of carbonyl (C=O) groups excluding carboxylic acids is 1. The van der Waals surface area contributed by atoms with E-state index in [9.17, 15) is 4.79 Å². The molecule has 1 N–H and O–H groups in total. The summed E-state index contributed by atoms with van der Waals surface area (Å²) in [5.74, 6) is 0.390. The van der Waals surface area contributed by atoms with Crippen molar-refractivity contribution in [1.29, 1.82) is 0 Å². The molecule has 1 heterocycles. The Morgan fingerprint density at radius 2 is 1.95 bits per heavy atom. The number of nitrogens with zero attached hydrogens (tertiary/aromatic N) is 1. The summed E-state index contributed by atoms with van der Waals surface area (Å²) in [5.41, 5.74) is 1.63. The van der Waals surface area contributed by atoms with Gasteiger partial charge in [0.2, 0.25) is 0 Å². The predicted molar refractivity (Wildman–Crippen MR) is 88.4 cm³/mol. The Balaban J connectivity index is 2.44. The van der Waals surface area contributed by atoms with E-state index in [4.69, 9.17) is 23.2 Å². The Morgan fingerprint density at radius 1 is 1.29 bits per heavy atom. The van der Waals surface area contributed by atoms with Crippen LogP contribution in [0.5, 0.6) is 0 Å². The minimum Gasteiger partial charge on any atom is -0.344 e. The molecule has 0 aliphatic heterocycles. The number of amides is 1. The predicted octanol–water partition coefficient (Wildman–Crippen LogP) is 3.90. The summed E-state index contributed by atoms with van der Waals surface area (Å²) in [5, 5.41) is 3.81. The molecule has 1 aromatic heterocycles. The molecule has 1 aromatic carbocycles. The first kappa shape index (κ1) is 16.1.